The fourth-order valence-electron chi connectivity index (χ4n) is 4.28. The Kier molecular flexibility index (Phi) is 4.79. The molecule has 0 saturated heterocycles. The van der Waals surface area contributed by atoms with E-state index in [0.29, 0.717) is 6.54 Å². The Morgan fingerprint density at radius 2 is 1.77 bits per heavy atom. The number of amides is 2. The molecule has 0 saturated carbocycles. The van der Waals surface area contributed by atoms with E-state index in [9.17, 15) is 9.18 Å². The molecule has 1 N–H and O–H groups in total. The monoisotopic (exact) mass is 411 g/mol. The van der Waals surface area contributed by atoms with Crippen LogP contribution in [-0.4, -0.2) is 15.5 Å². The van der Waals surface area contributed by atoms with Crippen molar-refractivity contribution >= 4 is 11.7 Å². The van der Waals surface area contributed by atoms with Crippen molar-refractivity contribution in [2.75, 3.05) is 5.32 Å². The maximum absolute atomic E-state index is 14.3. The lowest BCUT2D eigenvalue weighted by Gasteiger charge is -2.31. The van der Waals surface area contributed by atoms with Gasteiger partial charge in [0.25, 0.3) is 0 Å². The minimum Gasteiger partial charge on any atom is -0.318 e. The Balaban J connectivity index is 1.65. The third-order valence-electron chi connectivity index (χ3n) is 5.70. The van der Waals surface area contributed by atoms with Crippen LogP contribution in [0, 0.1) is 12.7 Å². The van der Waals surface area contributed by atoms with Gasteiger partial charge in [0.05, 0.1) is 24.0 Å². The molecule has 4 nitrogen and oxygen atoms in total. The molecule has 1 aliphatic rings. The van der Waals surface area contributed by atoms with Crippen LogP contribution in [0.4, 0.5) is 14.9 Å². The molecule has 0 bridgehead atoms. The Morgan fingerprint density at radius 3 is 2.61 bits per heavy atom. The summed E-state index contributed by atoms with van der Waals surface area (Å²) in [6.45, 7) is 2.44. The van der Waals surface area contributed by atoms with Gasteiger partial charge in [0, 0.05) is 11.9 Å². The van der Waals surface area contributed by atoms with Gasteiger partial charge in [0.1, 0.15) is 5.82 Å². The molecule has 1 aromatic heterocycles. The molecule has 4 aromatic rings. The van der Waals surface area contributed by atoms with Gasteiger partial charge < -0.3 is 14.8 Å². The number of halogens is 1. The molecule has 5 heteroatoms. The van der Waals surface area contributed by atoms with Crippen molar-refractivity contribution in [3.63, 3.8) is 0 Å². The zero-order valence-corrected chi connectivity index (χ0v) is 17.1. The smallest absolute Gasteiger partial charge is 0.318 e. The number of hydrogen-bond donors (Lipinski definition) is 1. The minimum atomic E-state index is -0.457. The van der Waals surface area contributed by atoms with Crippen LogP contribution in [0.25, 0.3) is 5.69 Å². The lowest BCUT2D eigenvalue weighted by Crippen LogP contribution is -2.38. The number of fused-ring (bicyclic) bond motifs is 3. The van der Waals surface area contributed by atoms with E-state index in [1.807, 2.05) is 61.7 Å². The number of carbonyl (C=O) groups excluding carboxylic acids is 1. The van der Waals surface area contributed by atoms with Gasteiger partial charge in [-0.2, -0.15) is 0 Å². The number of para-hydroxylation sites is 2. The molecule has 31 heavy (non-hydrogen) atoms. The number of carbonyl (C=O) groups is 1. The predicted molar refractivity (Wildman–Crippen MR) is 120 cm³/mol. The van der Waals surface area contributed by atoms with E-state index >= 15 is 0 Å². The molecular weight excluding hydrogens is 389 g/mol. The number of rotatable bonds is 2. The average Bonchev–Trinajstić information content (AvgIpc) is 3.19. The number of anilines is 1. The Morgan fingerprint density at radius 1 is 0.968 bits per heavy atom. The zero-order valence-electron chi connectivity index (χ0n) is 17.1. The maximum Gasteiger partial charge on any atom is 0.323 e. The summed E-state index contributed by atoms with van der Waals surface area (Å²) >= 11 is 0. The number of urea groups is 1. The number of nitrogens with one attached hydrogen (secondary N) is 1. The summed E-state index contributed by atoms with van der Waals surface area (Å²) in [5.41, 5.74) is 5.35. The van der Waals surface area contributed by atoms with Crippen LogP contribution in [0.5, 0.6) is 0 Å². The van der Waals surface area contributed by atoms with Gasteiger partial charge in [-0.3, -0.25) is 0 Å². The lowest BCUT2D eigenvalue weighted by molar-refractivity contribution is 0.194. The SMILES string of the molecule is Cc1cccc([C@H]2c3cccn3-c3ccccc3CN2C(=O)Nc2ccccc2F)c1. The first kappa shape index (κ1) is 19.1. The van der Waals surface area contributed by atoms with E-state index in [0.717, 1.165) is 28.1 Å². The quantitative estimate of drug-likeness (QED) is 0.428. The highest BCUT2D eigenvalue weighted by atomic mass is 19.1. The largest absolute Gasteiger partial charge is 0.323 e. The van der Waals surface area contributed by atoms with Crippen molar-refractivity contribution in [2.45, 2.75) is 19.5 Å². The molecular formula is C26H22FN3O. The van der Waals surface area contributed by atoms with Crippen molar-refractivity contribution < 1.29 is 9.18 Å². The Bertz CT molecular complexity index is 1260. The van der Waals surface area contributed by atoms with Gasteiger partial charge >= 0.3 is 6.03 Å². The molecule has 0 unspecified atom stereocenters. The van der Waals surface area contributed by atoms with Gasteiger partial charge in [-0.15, -0.1) is 0 Å². The lowest BCUT2D eigenvalue weighted by atomic mass is 10.00. The van der Waals surface area contributed by atoms with Crippen molar-refractivity contribution in [2.24, 2.45) is 0 Å². The van der Waals surface area contributed by atoms with Crippen LogP contribution in [0.1, 0.15) is 28.4 Å². The molecule has 1 aliphatic heterocycles. The first-order valence-electron chi connectivity index (χ1n) is 10.3. The third kappa shape index (κ3) is 3.48. The molecule has 2 amide bonds. The fourth-order valence-corrected chi connectivity index (χ4v) is 4.28. The summed E-state index contributed by atoms with van der Waals surface area (Å²) in [6, 6.07) is 25.8. The van der Waals surface area contributed by atoms with Gasteiger partial charge in [-0.1, -0.05) is 60.2 Å². The van der Waals surface area contributed by atoms with Crippen molar-refractivity contribution in [1.29, 1.82) is 0 Å². The highest BCUT2D eigenvalue weighted by Gasteiger charge is 2.33. The van der Waals surface area contributed by atoms with Gasteiger partial charge in [-0.25, -0.2) is 9.18 Å². The second-order valence-corrected chi connectivity index (χ2v) is 7.79. The van der Waals surface area contributed by atoms with Gasteiger partial charge in [0.2, 0.25) is 0 Å². The highest BCUT2D eigenvalue weighted by molar-refractivity contribution is 5.90. The number of aromatic nitrogens is 1. The second kappa shape index (κ2) is 7.76. The molecule has 1 atom stereocenters. The summed E-state index contributed by atoms with van der Waals surface area (Å²) in [7, 11) is 0. The van der Waals surface area contributed by atoms with Gasteiger partial charge in [0.15, 0.2) is 0 Å². The summed E-state index contributed by atoms with van der Waals surface area (Å²) < 4.78 is 16.4. The van der Waals surface area contributed by atoms with Crippen LogP contribution < -0.4 is 5.32 Å². The first-order valence-corrected chi connectivity index (χ1v) is 10.3. The molecule has 3 aromatic carbocycles. The van der Waals surface area contributed by atoms with E-state index in [4.69, 9.17) is 0 Å². The van der Waals surface area contributed by atoms with Crippen molar-refractivity contribution in [3.05, 3.63) is 119 Å². The van der Waals surface area contributed by atoms with Gasteiger partial charge in [-0.05, 0) is 48.4 Å². The molecule has 0 fully saturated rings. The number of benzene rings is 3. The summed E-state index contributed by atoms with van der Waals surface area (Å²) in [6.07, 6.45) is 2.02. The zero-order chi connectivity index (χ0) is 21.4. The highest BCUT2D eigenvalue weighted by Crippen LogP contribution is 2.37. The van der Waals surface area contributed by atoms with E-state index in [1.165, 1.54) is 6.07 Å². The molecule has 154 valence electrons. The average molecular weight is 411 g/mol. The molecule has 0 spiro atoms. The van der Waals surface area contributed by atoms with Crippen LogP contribution in [0.3, 0.4) is 0 Å². The van der Waals surface area contributed by atoms with E-state index < -0.39 is 5.82 Å². The fraction of sp³-hybridized carbons (Fsp3) is 0.115. The number of hydrogen-bond acceptors (Lipinski definition) is 1. The summed E-state index contributed by atoms with van der Waals surface area (Å²) in [5.74, 6) is -0.457. The van der Waals surface area contributed by atoms with E-state index in [1.54, 1.807) is 23.1 Å². The van der Waals surface area contributed by atoms with Crippen molar-refractivity contribution in [3.8, 4) is 5.69 Å². The van der Waals surface area contributed by atoms with Crippen LogP contribution in [-0.2, 0) is 6.54 Å². The summed E-state index contributed by atoms with van der Waals surface area (Å²) in [5, 5.41) is 2.78. The van der Waals surface area contributed by atoms with Crippen LogP contribution in [0.2, 0.25) is 0 Å². The van der Waals surface area contributed by atoms with Crippen LogP contribution in [0.15, 0.2) is 91.1 Å². The van der Waals surface area contributed by atoms with E-state index in [-0.39, 0.29) is 17.8 Å². The molecule has 0 aliphatic carbocycles. The Labute approximate surface area is 180 Å². The topological polar surface area (TPSA) is 37.3 Å². The summed E-state index contributed by atoms with van der Waals surface area (Å²) in [4.78, 5) is 15.3. The molecule has 2 heterocycles. The standard InChI is InChI=1S/C26H22FN3O/c1-18-8-6-10-19(16-18)25-24-14-7-15-29(24)23-13-5-2-9-20(23)17-30(25)26(31)28-22-12-4-3-11-21(22)27/h2-16,25H,17H2,1H3,(H,28,31)/t25-/m0/s1. The molecule has 5 rings (SSSR count). The maximum atomic E-state index is 14.3. The second-order valence-electron chi connectivity index (χ2n) is 7.79. The Hall–Kier alpha value is -3.86. The molecule has 0 radical (unpaired) electrons. The number of aryl methyl sites for hydroxylation is 1. The third-order valence-corrected chi connectivity index (χ3v) is 5.70. The van der Waals surface area contributed by atoms with Crippen LogP contribution >= 0.6 is 0 Å². The van der Waals surface area contributed by atoms with E-state index in [2.05, 4.69) is 22.0 Å². The first-order chi connectivity index (χ1) is 15.1. The number of nitrogens with zero attached hydrogens (tertiary/aromatic N) is 2. The van der Waals surface area contributed by atoms with Crippen molar-refractivity contribution in [1.82, 2.24) is 9.47 Å². The normalized spacial score (nSPS) is 15.0. The minimum absolute atomic E-state index is 0.170. The predicted octanol–water partition coefficient (Wildman–Crippen LogP) is 6.06.